The molecule has 2 aromatic carbocycles. The monoisotopic (exact) mass is 878 g/mol. The molecule has 0 aliphatic carbocycles. The Balaban J connectivity index is 1.81. The molecular weight excluding hydrogens is 807 g/mol. The molecule has 1 aliphatic heterocycles. The van der Waals surface area contributed by atoms with Gasteiger partial charge < -0.3 is 39.6 Å². The van der Waals surface area contributed by atoms with Crippen LogP contribution in [0.15, 0.2) is 36.4 Å². The second-order valence-electron chi connectivity index (χ2n) is 19.4. The number of nitrogens with one attached hydrogen (secondary N) is 3. The maximum absolute atomic E-state index is 13.6. The van der Waals surface area contributed by atoms with E-state index in [1.54, 1.807) is 68.4 Å². The van der Waals surface area contributed by atoms with Crippen LogP contribution in [0.4, 0.5) is 4.79 Å². The minimum absolute atomic E-state index is 0.0104. The third-order valence-electron chi connectivity index (χ3n) is 10.7. The Kier molecular flexibility index (Phi) is 17.7. The molecule has 14 nitrogen and oxygen atoms in total. The lowest BCUT2D eigenvalue weighted by atomic mass is 9.83. The van der Waals surface area contributed by atoms with Crippen molar-refractivity contribution in [2.45, 2.75) is 165 Å². The van der Waals surface area contributed by atoms with Gasteiger partial charge in [0.05, 0.1) is 23.2 Å². The lowest BCUT2D eigenvalue weighted by molar-refractivity contribution is -0.188. The topological polar surface area (TPSA) is 185 Å². The van der Waals surface area contributed by atoms with E-state index in [4.69, 9.17) is 23.7 Å². The van der Waals surface area contributed by atoms with E-state index >= 15 is 0 Å². The summed E-state index contributed by atoms with van der Waals surface area (Å²) in [4.78, 5) is 75.5. The number of amides is 3. The molecule has 0 aromatic heterocycles. The van der Waals surface area contributed by atoms with Crippen LogP contribution in [-0.4, -0.2) is 77.9 Å². The van der Waals surface area contributed by atoms with Gasteiger partial charge in [-0.3, -0.25) is 24.0 Å². The zero-order valence-electron chi connectivity index (χ0n) is 40.1. The SMILES string of the molecule is CCCC1C(OC(C)=O)CC(c2cc(Cc3ccc(C=CC(C)(C)C(=O)NC(C)(C)C(=O)NCC(C)(C)NC(=O)OC(C)(C)C)cc3C)c(C)cc2OC(C)=O)OC1COC(C)=O. The fourth-order valence-corrected chi connectivity index (χ4v) is 7.29. The van der Waals surface area contributed by atoms with Crippen LogP contribution in [0.2, 0.25) is 0 Å². The molecule has 14 heteroatoms. The highest BCUT2D eigenvalue weighted by Gasteiger charge is 2.42. The maximum atomic E-state index is 13.6. The lowest BCUT2D eigenvalue weighted by Gasteiger charge is -2.41. The van der Waals surface area contributed by atoms with E-state index in [1.165, 1.54) is 20.8 Å². The van der Waals surface area contributed by atoms with Gasteiger partial charge in [-0.15, -0.1) is 0 Å². The van der Waals surface area contributed by atoms with Crippen LogP contribution >= 0.6 is 0 Å². The molecule has 0 saturated carbocycles. The fourth-order valence-electron chi connectivity index (χ4n) is 7.29. The Bertz CT molecular complexity index is 2030. The van der Waals surface area contributed by atoms with Gasteiger partial charge in [-0.2, -0.15) is 0 Å². The van der Waals surface area contributed by atoms with Crippen molar-refractivity contribution in [2.24, 2.45) is 11.3 Å². The second-order valence-corrected chi connectivity index (χ2v) is 19.4. The Hall–Kier alpha value is -5.24. The quantitative estimate of drug-likeness (QED) is 0.0797. The van der Waals surface area contributed by atoms with Crippen LogP contribution < -0.4 is 20.7 Å². The van der Waals surface area contributed by atoms with E-state index in [2.05, 4.69) is 16.0 Å². The number of hydrogen-bond donors (Lipinski definition) is 3. The molecule has 0 spiro atoms. The van der Waals surface area contributed by atoms with E-state index in [-0.39, 0.29) is 25.0 Å². The first-order chi connectivity index (χ1) is 29.0. The zero-order chi connectivity index (χ0) is 47.7. The Morgan fingerprint density at radius 3 is 2.03 bits per heavy atom. The summed E-state index contributed by atoms with van der Waals surface area (Å²) in [6, 6.07) is 9.85. The van der Waals surface area contributed by atoms with E-state index in [1.807, 2.05) is 57.2 Å². The van der Waals surface area contributed by atoms with Crippen LogP contribution in [0, 0.1) is 25.2 Å². The number of rotatable bonds is 17. The first-order valence-electron chi connectivity index (χ1n) is 21.7. The standard InChI is InChI=1S/C49H71N3O11/c1-16-17-37-40(61-33(6)55)26-41(62-42(37)27-59-31(4)53)38-25-36(30(3)23-39(38)60-32(5)54)24-35-19-18-34(22-29(35)2)20-21-47(10,11)43(56)51-49(14,15)44(57)50-28-48(12,13)52-45(58)63-46(7,8)9/h18-23,25,37,40-42H,16-17,24,26-28H2,1-15H3,(H,50,57)(H,51,56)(H,52,58). The minimum atomic E-state index is -1.26. The summed E-state index contributed by atoms with van der Waals surface area (Å²) in [5.74, 6) is -1.97. The van der Waals surface area contributed by atoms with Crippen molar-refractivity contribution in [1.29, 1.82) is 0 Å². The summed E-state index contributed by atoms with van der Waals surface area (Å²) >= 11 is 0. The number of carbonyl (C=O) groups excluding carboxylic acids is 6. The van der Waals surface area contributed by atoms with E-state index in [0.29, 0.717) is 30.6 Å². The van der Waals surface area contributed by atoms with Crippen molar-refractivity contribution in [1.82, 2.24) is 16.0 Å². The van der Waals surface area contributed by atoms with Crippen LogP contribution in [0.5, 0.6) is 5.75 Å². The summed E-state index contributed by atoms with van der Waals surface area (Å²) in [6.45, 7) is 25.7. The van der Waals surface area contributed by atoms with Gasteiger partial charge >= 0.3 is 24.0 Å². The largest absolute Gasteiger partial charge is 0.463 e. The first kappa shape index (κ1) is 52.1. The van der Waals surface area contributed by atoms with Gasteiger partial charge in [0, 0.05) is 45.2 Å². The molecule has 1 heterocycles. The molecule has 3 amide bonds. The highest BCUT2D eigenvalue weighted by molar-refractivity contribution is 5.93. The van der Waals surface area contributed by atoms with Gasteiger partial charge in [0.2, 0.25) is 11.8 Å². The van der Waals surface area contributed by atoms with Gasteiger partial charge in [0.1, 0.15) is 29.6 Å². The highest BCUT2D eigenvalue weighted by Crippen LogP contribution is 2.43. The van der Waals surface area contributed by atoms with Crippen molar-refractivity contribution >= 4 is 41.9 Å². The molecule has 0 radical (unpaired) electrons. The number of ether oxygens (including phenoxy) is 5. The predicted molar refractivity (Wildman–Crippen MR) is 241 cm³/mol. The van der Waals surface area contributed by atoms with Gasteiger partial charge in [-0.25, -0.2) is 4.79 Å². The van der Waals surface area contributed by atoms with E-state index in [0.717, 1.165) is 34.2 Å². The minimum Gasteiger partial charge on any atom is -0.463 e. The Morgan fingerprint density at radius 1 is 0.810 bits per heavy atom. The van der Waals surface area contributed by atoms with Gasteiger partial charge in [-0.05, 0) is 129 Å². The molecule has 1 saturated heterocycles. The van der Waals surface area contributed by atoms with Crippen molar-refractivity contribution in [2.75, 3.05) is 13.2 Å². The van der Waals surface area contributed by atoms with Crippen molar-refractivity contribution in [3.63, 3.8) is 0 Å². The summed E-state index contributed by atoms with van der Waals surface area (Å²) in [5, 5.41) is 8.47. The van der Waals surface area contributed by atoms with Crippen molar-refractivity contribution in [3.8, 4) is 5.75 Å². The number of benzene rings is 2. The molecule has 63 heavy (non-hydrogen) atoms. The Morgan fingerprint density at radius 2 is 1.46 bits per heavy atom. The molecule has 1 fully saturated rings. The molecule has 4 unspecified atom stereocenters. The highest BCUT2D eigenvalue weighted by atomic mass is 16.6. The zero-order valence-corrected chi connectivity index (χ0v) is 40.1. The smallest absolute Gasteiger partial charge is 0.408 e. The summed E-state index contributed by atoms with van der Waals surface area (Å²) < 4.78 is 28.9. The van der Waals surface area contributed by atoms with Crippen LogP contribution in [-0.2, 0) is 49.3 Å². The fraction of sp³-hybridized carbons (Fsp3) is 0.592. The molecule has 1 aliphatic rings. The van der Waals surface area contributed by atoms with Gasteiger partial charge in [0.25, 0.3) is 0 Å². The number of alkyl carbamates (subject to hydrolysis) is 1. The van der Waals surface area contributed by atoms with Crippen LogP contribution in [0.3, 0.4) is 0 Å². The third-order valence-corrected chi connectivity index (χ3v) is 10.7. The van der Waals surface area contributed by atoms with Crippen LogP contribution in [0.25, 0.3) is 6.08 Å². The van der Waals surface area contributed by atoms with E-state index < -0.39 is 70.3 Å². The second kappa shape index (κ2) is 21.4. The first-order valence-corrected chi connectivity index (χ1v) is 21.7. The Labute approximate surface area is 373 Å². The third kappa shape index (κ3) is 16.1. The summed E-state index contributed by atoms with van der Waals surface area (Å²) in [5.41, 5.74) is 1.72. The maximum Gasteiger partial charge on any atom is 0.408 e. The molecular formula is C49H71N3O11. The number of esters is 3. The van der Waals surface area contributed by atoms with Gasteiger partial charge in [0.15, 0.2) is 0 Å². The summed E-state index contributed by atoms with van der Waals surface area (Å²) in [7, 11) is 0. The number of hydrogen-bond acceptors (Lipinski definition) is 11. The summed E-state index contributed by atoms with van der Waals surface area (Å²) in [6.07, 6.45) is 3.74. The van der Waals surface area contributed by atoms with E-state index in [9.17, 15) is 28.8 Å². The number of carbonyl (C=O) groups is 6. The average molecular weight is 878 g/mol. The molecule has 0 bridgehead atoms. The predicted octanol–water partition coefficient (Wildman–Crippen LogP) is 7.91. The van der Waals surface area contributed by atoms with Gasteiger partial charge in [-0.1, -0.05) is 43.7 Å². The molecule has 4 atom stereocenters. The molecule has 348 valence electrons. The molecule has 3 rings (SSSR count). The van der Waals surface area contributed by atoms with Crippen LogP contribution in [0.1, 0.15) is 149 Å². The normalized spacial score (nSPS) is 18.3. The molecule has 3 N–H and O–H groups in total. The molecule has 2 aromatic rings. The average Bonchev–Trinajstić information content (AvgIpc) is 3.13. The number of aryl methyl sites for hydroxylation is 2. The van der Waals surface area contributed by atoms with Crippen molar-refractivity contribution < 1.29 is 52.5 Å². The van der Waals surface area contributed by atoms with Crippen molar-refractivity contribution in [3.05, 3.63) is 69.8 Å². The lowest BCUT2D eigenvalue weighted by Crippen LogP contribution is -2.60.